The third-order valence-electron chi connectivity index (χ3n) is 1.65. The molecule has 1 aliphatic rings. The van der Waals surface area contributed by atoms with Gasteiger partial charge >= 0.3 is 0 Å². The highest BCUT2D eigenvalue weighted by molar-refractivity contribution is 5.59. The first-order valence-electron chi connectivity index (χ1n) is 3.88. The van der Waals surface area contributed by atoms with Crippen LogP contribution in [-0.2, 0) is 0 Å². The molecule has 0 saturated carbocycles. The molecule has 0 aromatic heterocycles. The summed E-state index contributed by atoms with van der Waals surface area (Å²) in [5, 5.41) is 0. The molecule has 0 aromatic carbocycles. The summed E-state index contributed by atoms with van der Waals surface area (Å²) in [6.45, 7) is 6.36. The van der Waals surface area contributed by atoms with E-state index in [1.54, 1.807) is 0 Å². The molecule has 0 amide bonds. The van der Waals surface area contributed by atoms with E-state index in [1.165, 1.54) is 5.57 Å². The maximum atomic E-state index is 4.22. The average Bonchev–Trinajstić information content (AvgIpc) is 2.13. The topological polar surface area (TPSA) is 12.4 Å². The quantitative estimate of drug-likeness (QED) is 0.540. The van der Waals surface area contributed by atoms with Crippen LogP contribution in [-0.4, -0.2) is 5.87 Å². The summed E-state index contributed by atoms with van der Waals surface area (Å²) in [5.41, 5.74) is 2.37. The maximum Gasteiger partial charge on any atom is 0.0558 e. The second kappa shape index (κ2) is 3.36. The summed E-state index contributed by atoms with van der Waals surface area (Å²) in [4.78, 5) is 4.22. The highest BCUT2D eigenvalue weighted by atomic mass is 14.7. The van der Waals surface area contributed by atoms with E-state index in [-0.39, 0.29) is 0 Å². The maximum absolute atomic E-state index is 4.22. The van der Waals surface area contributed by atoms with Gasteiger partial charge in [-0.25, -0.2) is 4.99 Å². The summed E-state index contributed by atoms with van der Waals surface area (Å²) >= 11 is 0. The Balaban J connectivity index is 3.05. The van der Waals surface area contributed by atoms with Crippen molar-refractivity contribution < 1.29 is 0 Å². The van der Waals surface area contributed by atoms with Crippen LogP contribution in [0.15, 0.2) is 34.5 Å². The minimum absolute atomic E-state index is 0.485. The predicted octanol–water partition coefficient (Wildman–Crippen LogP) is 2.71. The van der Waals surface area contributed by atoms with Crippen LogP contribution in [0.1, 0.15) is 20.8 Å². The van der Waals surface area contributed by atoms with Gasteiger partial charge in [-0.3, -0.25) is 0 Å². The average molecular weight is 147 g/mol. The van der Waals surface area contributed by atoms with Crippen LogP contribution < -0.4 is 0 Å². The van der Waals surface area contributed by atoms with E-state index >= 15 is 0 Å². The van der Waals surface area contributed by atoms with Gasteiger partial charge in [0.15, 0.2) is 0 Å². The Morgan fingerprint density at radius 3 is 2.82 bits per heavy atom. The van der Waals surface area contributed by atoms with Crippen molar-refractivity contribution in [3.8, 4) is 0 Å². The standard InChI is InChI=1S/C10H13N/c1-8(2)10-9(3)6-4-5-7-11-10/h4-6,8H,1-3H3. The van der Waals surface area contributed by atoms with E-state index in [0.29, 0.717) is 5.92 Å². The molecule has 0 aliphatic carbocycles. The molecule has 0 atom stereocenters. The minimum Gasteiger partial charge on any atom is -0.210 e. The van der Waals surface area contributed by atoms with Gasteiger partial charge in [-0.15, -0.1) is 0 Å². The predicted molar refractivity (Wildman–Crippen MR) is 48.7 cm³/mol. The molecule has 1 heterocycles. The van der Waals surface area contributed by atoms with Crippen molar-refractivity contribution in [2.45, 2.75) is 20.8 Å². The summed E-state index contributed by atoms with van der Waals surface area (Å²) in [7, 11) is 0. The lowest BCUT2D eigenvalue weighted by Crippen LogP contribution is -1.92. The summed E-state index contributed by atoms with van der Waals surface area (Å²) < 4.78 is 0. The van der Waals surface area contributed by atoms with E-state index in [0.717, 1.165) is 5.70 Å². The smallest absolute Gasteiger partial charge is 0.0558 e. The molecule has 0 radical (unpaired) electrons. The Kier molecular flexibility index (Phi) is 2.45. The Bertz CT molecular complexity index is 261. The van der Waals surface area contributed by atoms with Gasteiger partial charge in [0.05, 0.1) is 5.70 Å². The van der Waals surface area contributed by atoms with E-state index in [4.69, 9.17) is 0 Å². The Morgan fingerprint density at radius 2 is 2.18 bits per heavy atom. The van der Waals surface area contributed by atoms with Gasteiger partial charge in [0.2, 0.25) is 0 Å². The largest absolute Gasteiger partial charge is 0.210 e. The third kappa shape index (κ3) is 1.92. The van der Waals surface area contributed by atoms with Crippen molar-refractivity contribution in [3.05, 3.63) is 29.5 Å². The number of allylic oxidation sites excluding steroid dienone is 5. The van der Waals surface area contributed by atoms with Gasteiger partial charge in [-0.2, -0.15) is 0 Å². The molecule has 0 N–H and O–H groups in total. The summed E-state index contributed by atoms with van der Waals surface area (Å²) in [6, 6.07) is 0. The molecule has 1 heteroatoms. The fourth-order valence-electron chi connectivity index (χ4n) is 1.10. The van der Waals surface area contributed by atoms with Gasteiger partial charge < -0.3 is 0 Å². The third-order valence-corrected chi connectivity index (χ3v) is 1.65. The van der Waals surface area contributed by atoms with Gasteiger partial charge in [0, 0.05) is 0 Å². The molecule has 0 saturated heterocycles. The van der Waals surface area contributed by atoms with E-state index in [2.05, 4.69) is 37.7 Å². The Morgan fingerprint density at radius 1 is 1.45 bits per heavy atom. The van der Waals surface area contributed by atoms with Crippen molar-refractivity contribution >= 4 is 5.87 Å². The first-order valence-corrected chi connectivity index (χ1v) is 3.88. The molecule has 0 aromatic rings. The van der Waals surface area contributed by atoms with Crippen molar-refractivity contribution in [2.24, 2.45) is 10.9 Å². The molecular formula is C10H13N. The van der Waals surface area contributed by atoms with Crippen LogP contribution in [0.4, 0.5) is 0 Å². The number of aliphatic imine (C=N–C) groups is 1. The molecule has 0 unspecified atom stereocenters. The highest BCUT2D eigenvalue weighted by Gasteiger charge is 2.03. The van der Waals surface area contributed by atoms with E-state index in [1.807, 2.05) is 12.2 Å². The summed E-state index contributed by atoms with van der Waals surface area (Å²) in [6.07, 6.45) is 5.87. The zero-order chi connectivity index (χ0) is 8.27. The van der Waals surface area contributed by atoms with E-state index in [9.17, 15) is 0 Å². The van der Waals surface area contributed by atoms with Gasteiger partial charge in [0.1, 0.15) is 0 Å². The van der Waals surface area contributed by atoms with Gasteiger partial charge in [-0.05, 0) is 30.4 Å². The molecule has 1 nitrogen and oxygen atoms in total. The molecule has 0 fully saturated rings. The molecule has 58 valence electrons. The van der Waals surface area contributed by atoms with Crippen molar-refractivity contribution in [1.29, 1.82) is 0 Å². The molecule has 0 spiro atoms. The van der Waals surface area contributed by atoms with Crippen LogP contribution in [0.3, 0.4) is 0 Å². The number of rotatable bonds is 1. The van der Waals surface area contributed by atoms with Crippen LogP contribution in [0, 0.1) is 5.92 Å². The SMILES string of the molecule is CC1=C(C(C)C)N=C=CC=C1. The molecule has 1 aliphatic heterocycles. The normalized spacial score (nSPS) is 16.4. The lowest BCUT2D eigenvalue weighted by molar-refractivity contribution is 0.751. The zero-order valence-electron chi connectivity index (χ0n) is 7.26. The molecule has 11 heavy (non-hydrogen) atoms. The van der Waals surface area contributed by atoms with E-state index < -0.39 is 0 Å². The summed E-state index contributed by atoms with van der Waals surface area (Å²) in [5.74, 6) is 3.35. The van der Waals surface area contributed by atoms with Crippen molar-refractivity contribution in [2.75, 3.05) is 0 Å². The Labute approximate surface area is 67.8 Å². The van der Waals surface area contributed by atoms with Crippen molar-refractivity contribution in [3.63, 3.8) is 0 Å². The Hall–Kier alpha value is -1.07. The van der Waals surface area contributed by atoms with Crippen LogP contribution in [0.5, 0.6) is 0 Å². The first kappa shape index (κ1) is 8.03. The minimum atomic E-state index is 0.485. The highest BCUT2D eigenvalue weighted by Crippen LogP contribution is 2.17. The first-order chi connectivity index (χ1) is 5.22. The molecule has 0 bridgehead atoms. The molecular weight excluding hydrogens is 134 g/mol. The van der Waals surface area contributed by atoms with Gasteiger partial charge in [-0.1, -0.05) is 26.0 Å². The van der Waals surface area contributed by atoms with Crippen LogP contribution in [0.2, 0.25) is 0 Å². The van der Waals surface area contributed by atoms with Crippen LogP contribution >= 0.6 is 0 Å². The fraction of sp³-hybridized carbons (Fsp3) is 0.400. The van der Waals surface area contributed by atoms with Crippen molar-refractivity contribution in [1.82, 2.24) is 0 Å². The molecule has 1 rings (SSSR count). The van der Waals surface area contributed by atoms with Crippen LogP contribution in [0.25, 0.3) is 0 Å². The zero-order valence-corrected chi connectivity index (χ0v) is 7.26. The number of nitrogens with zero attached hydrogens (tertiary/aromatic N) is 1. The van der Waals surface area contributed by atoms with Gasteiger partial charge in [0.25, 0.3) is 0 Å². The second-order valence-corrected chi connectivity index (χ2v) is 2.99. The fourth-order valence-corrected chi connectivity index (χ4v) is 1.10. The second-order valence-electron chi connectivity index (χ2n) is 2.99. The lowest BCUT2D eigenvalue weighted by atomic mass is 10.1. The lowest BCUT2D eigenvalue weighted by Gasteiger charge is -2.05. The number of hydrogen-bond acceptors (Lipinski definition) is 1. The number of hydrogen-bond donors (Lipinski definition) is 0. The monoisotopic (exact) mass is 147 g/mol.